The van der Waals surface area contributed by atoms with Crippen molar-refractivity contribution in [2.24, 2.45) is 4.99 Å². The van der Waals surface area contributed by atoms with Crippen molar-refractivity contribution in [2.75, 3.05) is 12.4 Å². The van der Waals surface area contributed by atoms with Gasteiger partial charge in [0.05, 0.1) is 7.11 Å². The summed E-state index contributed by atoms with van der Waals surface area (Å²) in [7, 11) is 1.73. The molecule has 0 aliphatic rings. The Morgan fingerprint density at radius 2 is 1.79 bits per heavy atom. The molecule has 0 spiro atoms. The maximum absolute atomic E-state index is 5.57. The highest BCUT2D eigenvalue weighted by Gasteiger charge is 2.09. The van der Waals surface area contributed by atoms with Gasteiger partial charge in [-0.2, -0.15) is 0 Å². The molecule has 0 radical (unpaired) electrons. The molecule has 0 aromatic heterocycles. The third-order valence-corrected chi connectivity index (χ3v) is 3.77. The van der Waals surface area contributed by atoms with Crippen molar-refractivity contribution in [3.05, 3.63) is 59.3 Å². The lowest BCUT2D eigenvalue weighted by atomic mass is 10.0. The van der Waals surface area contributed by atoms with E-state index >= 15 is 0 Å². The second-order valence-corrected chi connectivity index (χ2v) is 5.74. The van der Waals surface area contributed by atoms with Gasteiger partial charge in [0.25, 0.3) is 0 Å². The predicted octanol–water partition coefficient (Wildman–Crippen LogP) is 5.69. The maximum atomic E-state index is 5.57. The Morgan fingerprint density at radius 3 is 2.21 bits per heavy atom. The molecule has 1 aromatic rings. The van der Waals surface area contributed by atoms with E-state index in [-0.39, 0.29) is 0 Å². The van der Waals surface area contributed by atoms with Crippen LogP contribution >= 0.6 is 0 Å². The highest BCUT2D eigenvalue weighted by Crippen LogP contribution is 2.29. The van der Waals surface area contributed by atoms with E-state index < -0.39 is 0 Å². The topological polar surface area (TPSA) is 33.6 Å². The van der Waals surface area contributed by atoms with E-state index in [0.717, 1.165) is 41.3 Å². The summed E-state index contributed by atoms with van der Waals surface area (Å²) in [5, 5.41) is 3.38. The molecular formula is C21H30N2O. The fourth-order valence-corrected chi connectivity index (χ4v) is 2.50. The van der Waals surface area contributed by atoms with Crippen LogP contribution in [-0.2, 0) is 12.8 Å². The third kappa shape index (κ3) is 5.41. The fourth-order valence-electron chi connectivity index (χ4n) is 2.50. The van der Waals surface area contributed by atoms with Gasteiger partial charge in [-0.25, -0.2) is 4.99 Å². The minimum absolute atomic E-state index is 0.840. The predicted molar refractivity (Wildman–Crippen MR) is 106 cm³/mol. The highest BCUT2D eigenvalue weighted by molar-refractivity contribution is 5.94. The zero-order chi connectivity index (χ0) is 18.1. The number of hydrogen-bond acceptors (Lipinski definition) is 2. The Balaban J connectivity index is 3.09. The fraction of sp³-hybridized carbons (Fsp3) is 0.381. The molecule has 1 aromatic carbocycles. The van der Waals surface area contributed by atoms with E-state index in [0.29, 0.717) is 0 Å². The van der Waals surface area contributed by atoms with E-state index in [1.807, 2.05) is 39.1 Å². The normalized spacial score (nSPS) is 12.6. The van der Waals surface area contributed by atoms with Crippen LogP contribution in [0.5, 0.6) is 5.75 Å². The molecule has 1 rings (SSSR count). The van der Waals surface area contributed by atoms with Gasteiger partial charge < -0.3 is 10.1 Å². The van der Waals surface area contributed by atoms with Crippen molar-refractivity contribution in [1.29, 1.82) is 0 Å². The van der Waals surface area contributed by atoms with Crippen LogP contribution in [-0.4, -0.2) is 12.9 Å². The zero-order valence-corrected chi connectivity index (χ0v) is 15.9. The molecule has 3 nitrogen and oxygen atoms in total. The number of rotatable bonds is 7. The molecule has 24 heavy (non-hydrogen) atoms. The number of anilines is 1. The monoisotopic (exact) mass is 326 g/mol. The van der Waals surface area contributed by atoms with E-state index in [1.54, 1.807) is 7.11 Å². The first kappa shape index (κ1) is 19.8. The van der Waals surface area contributed by atoms with Crippen molar-refractivity contribution in [3.63, 3.8) is 0 Å². The number of aliphatic imine (C=N–C) groups is 1. The van der Waals surface area contributed by atoms with Crippen LogP contribution in [0.25, 0.3) is 0 Å². The van der Waals surface area contributed by atoms with E-state index in [4.69, 9.17) is 4.74 Å². The number of ether oxygens (including phenoxy) is 1. The van der Waals surface area contributed by atoms with Gasteiger partial charge >= 0.3 is 0 Å². The second kappa shape index (κ2) is 9.76. The molecular weight excluding hydrogens is 296 g/mol. The number of allylic oxidation sites excluding steroid dienone is 4. The Labute approximate surface area is 146 Å². The van der Waals surface area contributed by atoms with Crippen LogP contribution in [0, 0.1) is 0 Å². The summed E-state index contributed by atoms with van der Waals surface area (Å²) in [6, 6.07) is 4.26. The van der Waals surface area contributed by atoms with Gasteiger partial charge in [0.2, 0.25) is 0 Å². The van der Waals surface area contributed by atoms with Crippen LogP contribution in [0.1, 0.15) is 45.7 Å². The molecule has 1 N–H and O–H groups in total. The maximum Gasteiger partial charge on any atom is 0.125 e. The lowest BCUT2D eigenvalue weighted by Gasteiger charge is -2.15. The molecule has 0 saturated heterocycles. The standard InChI is InChI=1S/C21H30N2O/c1-8-11-19(15(4)5)14-22-16(6)23-20-12-17(9-2)21(24-7)18(10-3)13-20/h8,11-14H,4,9-10H2,1-3,5-7H3,(H,22,23)/b11-8-,19-14-. The highest BCUT2D eigenvalue weighted by atomic mass is 16.5. The minimum Gasteiger partial charge on any atom is -0.496 e. The van der Waals surface area contributed by atoms with Crippen molar-refractivity contribution < 1.29 is 4.74 Å². The second-order valence-electron chi connectivity index (χ2n) is 5.74. The molecule has 0 saturated carbocycles. The summed E-state index contributed by atoms with van der Waals surface area (Å²) < 4.78 is 5.57. The summed E-state index contributed by atoms with van der Waals surface area (Å²) in [4.78, 5) is 4.51. The molecule has 0 heterocycles. The van der Waals surface area contributed by atoms with Crippen molar-refractivity contribution in [1.82, 2.24) is 0 Å². The quantitative estimate of drug-likeness (QED) is 0.397. The molecule has 130 valence electrons. The molecule has 0 aliphatic heterocycles. The number of nitrogens with zero attached hydrogens (tertiary/aromatic N) is 1. The van der Waals surface area contributed by atoms with Crippen LogP contribution in [0.2, 0.25) is 0 Å². The third-order valence-electron chi connectivity index (χ3n) is 3.77. The van der Waals surface area contributed by atoms with Gasteiger partial charge in [0, 0.05) is 11.9 Å². The van der Waals surface area contributed by atoms with E-state index in [9.17, 15) is 0 Å². The molecule has 0 bridgehead atoms. The summed E-state index contributed by atoms with van der Waals surface area (Å²) in [6.07, 6.45) is 7.71. The molecule has 0 atom stereocenters. The number of nitrogens with one attached hydrogen (secondary N) is 1. The lowest BCUT2D eigenvalue weighted by molar-refractivity contribution is 0.405. The number of aryl methyl sites for hydroxylation is 2. The van der Waals surface area contributed by atoms with Crippen molar-refractivity contribution in [2.45, 2.75) is 47.5 Å². The molecule has 3 heteroatoms. The van der Waals surface area contributed by atoms with Crippen molar-refractivity contribution in [3.8, 4) is 5.75 Å². The number of amidine groups is 1. The number of methoxy groups -OCH3 is 1. The molecule has 0 unspecified atom stereocenters. The molecule has 0 amide bonds. The molecule has 0 fully saturated rings. The Morgan fingerprint density at radius 1 is 1.21 bits per heavy atom. The van der Waals surface area contributed by atoms with E-state index in [1.165, 1.54) is 11.1 Å². The number of benzene rings is 1. The average molecular weight is 326 g/mol. The summed E-state index contributed by atoms with van der Waals surface area (Å²) in [5.74, 6) is 1.84. The average Bonchev–Trinajstić information content (AvgIpc) is 2.57. The van der Waals surface area contributed by atoms with Crippen LogP contribution in [0.15, 0.2) is 53.2 Å². The minimum atomic E-state index is 0.840. The molecule has 0 aliphatic carbocycles. The van der Waals surface area contributed by atoms with Gasteiger partial charge in [-0.05, 0) is 68.0 Å². The SMILES string of the molecule is C=C(C)C(/C=C\C)=C\N=C(C)Nc1cc(CC)c(OC)c(CC)c1. The van der Waals surface area contributed by atoms with Gasteiger partial charge in [0.15, 0.2) is 0 Å². The van der Waals surface area contributed by atoms with Crippen LogP contribution in [0.3, 0.4) is 0 Å². The first-order valence-electron chi connectivity index (χ1n) is 8.46. The van der Waals surface area contributed by atoms with Gasteiger partial charge in [-0.1, -0.05) is 32.6 Å². The van der Waals surface area contributed by atoms with E-state index in [2.05, 4.69) is 42.9 Å². The first-order valence-corrected chi connectivity index (χ1v) is 8.46. The summed E-state index contributed by atoms with van der Waals surface area (Å²) in [6.45, 7) is 14.2. The van der Waals surface area contributed by atoms with Gasteiger partial charge in [-0.15, -0.1) is 0 Å². The summed E-state index contributed by atoms with van der Waals surface area (Å²) in [5.41, 5.74) is 5.48. The Hall–Kier alpha value is -2.29. The summed E-state index contributed by atoms with van der Waals surface area (Å²) >= 11 is 0. The zero-order valence-electron chi connectivity index (χ0n) is 15.9. The Kier molecular flexibility index (Phi) is 8.03. The largest absolute Gasteiger partial charge is 0.496 e. The lowest BCUT2D eigenvalue weighted by Crippen LogP contribution is -2.08. The van der Waals surface area contributed by atoms with Gasteiger partial charge in [0.1, 0.15) is 11.6 Å². The smallest absolute Gasteiger partial charge is 0.125 e. The van der Waals surface area contributed by atoms with Gasteiger partial charge in [-0.3, -0.25) is 0 Å². The Bertz CT molecular complexity index is 641. The first-order chi connectivity index (χ1) is 11.5. The van der Waals surface area contributed by atoms with Crippen LogP contribution in [0.4, 0.5) is 5.69 Å². The van der Waals surface area contributed by atoms with Crippen LogP contribution < -0.4 is 10.1 Å². The van der Waals surface area contributed by atoms with Crippen molar-refractivity contribution >= 4 is 11.5 Å². The number of hydrogen-bond donors (Lipinski definition) is 1.